The maximum Gasteiger partial charge on any atom is 0.157 e. The van der Waals surface area contributed by atoms with Gasteiger partial charge < -0.3 is 27.4 Å². The second-order valence-corrected chi connectivity index (χ2v) is 4.03. The van der Waals surface area contributed by atoms with Crippen molar-refractivity contribution in [3.8, 4) is 11.5 Å². The van der Waals surface area contributed by atoms with E-state index in [0.29, 0.717) is 13.0 Å². The van der Waals surface area contributed by atoms with E-state index in [9.17, 15) is 0 Å². The van der Waals surface area contributed by atoms with Gasteiger partial charge in [0.2, 0.25) is 0 Å². The number of hydrogen-bond donors (Lipinski definition) is 5. The van der Waals surface area contributed by atoms with Crippen molar-refractivity contribution in [1.82, 2.24) is 0 Å². The Balaban J connectivity index is 0.000000200. The second kappa shape index (κ2) is 7.13. The van der Waals surface area contributed by atoms with Gasteiger partial charge in [0.15, 0.2) is 11.5 Å². The molecule has 0 heterocycles. The van der Waals surface area contributed by atoms with Gasteiger partial charge in [-0.1, -0.05) is 6.07 Å². The van der Waals surface area contributed by atoms with E-state index in [4.69, 9.17) is 27.4 Å². The minimum atomic E-state index is -0.0919. The largest absolute Gasteiger partial charge is 0.504 e. The predicted molar refractivity (Wildman–Crippen MR) is 77.8 cm³/mol. The summed E-state index contributed by atoms with van der Waals surface area (Å²) < 4.78 is 0. The topological polar surface area (TPSA) is 119 Å². The molecule has 2 aromatic rings. The molecule has 2 aromatic carbocycles. The third-order valence-electron chi connectivity index (χ3n) is 2.41. The number of hydrogen-bond acceptors (Lipinski definition) is 5. The molecular formula is C14H19N3O2. The lowest BCUT2D eigenvalue weighted by Crippen LogP contribution is -2.02. The van der Waals surface area contributed by atoms with E-state index < -0.39 is 0 Å². The van der Waals surface area contributed by atoms with Crippen LogP contribution in [-0.4, -0.2) is 16.8 Å². The summed E-state index contributed by atoms with van der Waals surface area (Å²) in [6, 6.07) is 11.8. The van der Waals surface area contributed by atoms with Crippen molar-refractivity contribution in [1.29, 1.82) is 0 Å². The van der Waals surface area contributed by atoms with E-state index in [2.05, 4.69) is 0 Å². The van der Waals surface area contributed by atoms with Gasteiger partial charge in [-0.2, -0.15) is 0 Å². The molecule has 0 unspecified atom stereocenters. The number of aromatic hydroxyl groups is 2. The zero-order valence-corrected chi connectivity index (χ0v) is 10.6. The molecule has 0 saturated heterocycles. The molecular weight excluding hydrogens is 242 g/mol. The van der Waals surface area contributed by atoms with Gasteiger partial charge >= 0.3 is 0 Å². The van der Waals surface area contributed by atoms with Crippen molar-refractivity contribution >= 4 is 11.4 Å². The number of nitrogen functional groups attached to an aromatic ring is 2. The van der Waals surface area contributed by atoms with Crippen molar-refractivity contribution in [2.75, 3.05) is 18.0 Å². The standard InChI is InChI=1S/C8H11NO2.C6H8N2/c9-4-3-6-1-2-7(10)8(11)5-6;7-5-1-2-6(8)4-3-5/h1-2,5,10-11H,3-4,9H2;1-4H,7-8H2. The molecule has 5 heteroatoms. The van der Waals surface area contributed by atoms with Gasteiger partial charge in [0.25, 0.3) is 0 Å². The average Bonchev–Trinajstić information content (AvgIpc) is 2.39. The highest BCUT2D eigenvalue weighted by atomic mass is 16.3. The summed E-state index contributed by atoms with van der Waals surface area (Å²) in [5.74, 6) is -0.179. The fraction of sp³-hybridized carbons (Fsp3) is 0.143. The molecule has 0 bridgehead atoms. The van der Waals surface area contributed by atoms with Crippen molar-refractivity contribution < 1.29 is 10.2 Å². The summed E-state index contributed by atoms with van der Waals surface area (Å²) >= 11 is 0. The molecule has 0 radical (unpaired) electrons. The summed E-state index contributed by atoms with van der Waals surface area (Å²) in [4.78, 5) is 0. The molecule has 0 aliphatic carbocycles. The van der Waals surface area contributed by atoms with Gasteiger partial charge in [-0.25, -0.2) is 0 Å². The lowest BCUT2D eigenvalue weighted by molar-refractivity contribution is 0.403. The van der Waals surface area contributed by atoms with Crippen LogP contribution < -0.4 is 17.2 Å². The minimum Gasteiger partial charge on any atom is -0.504 e. The predicted octanol–water partition coefficient (Wildman–Crippen LogP) is 1.45. The quantitative estimate of drug-likeness (QED) is 0.414. The van der Waals surface area contributed by atoms with E-state index >= 15 is 0 Å². The van der Waals surface area contributed by atoms with Crippen LogP contribution in [-0.2, 0) is 6.42 Å². The molecule has 19 heavy (non-hydrogen) atoms. The SMILES string of the molecule is NCCc1ccc(O)c(O)c1.Nc1ccc(N)cc1. The number of benzene rings is 2. The average molecular weight is 261 g/mol. The number of phenols is 2. The van der Waals surface area contributed by atoms with E-state index in [1.54, 1.807) is 30.3 Å². The highest BCUT2D eigenvalue weighted by molar-refractivity contribution is 5.47. The van der Waals surface area contributed by atoms with Crippen LogP contribution in [0.25, 0.3) is 0 Å². The summed E-state index contributed by atoms with van der Waals surface area (Å²) in [6.45, 7) is 0.546. The third kappa shape index (κ3) is 5.18. The van der Waals surface area contributed by atoms with Gasteiger partial charge in [-0.3, -0.25) is 0 Å². The van der Waals surface area contributed by atoms with Crippen molar-refractivity contribution in [3.05, 3.63) is 48.0 Å². The van der Waals surface area contributed by atoms with E-state index in [-0.39, 0.29) is 11.5 Å². The van der Waals surface area contributed by atoms with Gasteiger partial charge in [0.05, 0.1) is 0 Å². The Labute approximate surface area is 112 Å². The number of phenolic OH excluding ortho intramolecular Hbond substituents is 2. The Bertz CT molecular complexity index is 492. The first-order valence-corrected chi connectivity index (χ1v) is 5.85. The molecule has 2 rings (SSSR count). The zero-order chi connectivity index (χ0) is 14.3. The minimum absolute atomic E-state index is 0.0871. The summed E-state index contributed by atoms with van der Waals surface area (Å²) in [6.07, 6.45) is 0.716. The van der Waals surface area contributed by atoms with Crippen LogP contribution in [0.4, 0.5) is 11.4 Å². The Morgan fingerprint density at radius 2 is 1.32 bits per heavy atom. The summed E-state index contributed by atoms with van der Waals surface area (Å²) in [7, 11) is 0. The fourth-order valence-corrected chi connectivity index (χ4v) is 1.39. The zero-order valence-electron chi connectivity index (χ0n) is 10.6. The molecule has 0 amide bonds. The van der Waals surface area contributed by atoms with Gasteiger partial charge in [-0.15, -0.1) is 0 Å². The van der Waals surface area contributed by atoms with Crippen molar-refractivity contribution in [3.63, 3.8) is 0 Å². The van der Waals surface area contributed by atoms with Crippen LogP contribution in [0.1, 0.15) is 5.56 Å². The first kappa shape index (κ1) is 14.7. The lowest BCUT2D eigenvalue weighted by Gasteiger charge is -2.00. The van der Waals surface area contributed by atoms with Crippen LogP contribution in [0.3, 0.4) is 0 Å². The molecule has 0 aromatic heterocycles. The first-order valence-electron chi connectivity index (χ1n) is 5.85. The molecule has 5 nitrogen and oxygen atoms in total. The molecule has 102 valence electrons. The monoisotopic (exact) mass is 261 g/mol. The third-order valence-corrected chi connectivity index (χ3v) is 2.41. The van der Waals surface area contributed by atoms with Crippen LogP contribution in [0.2, 0.25) is 0 Å². The Morgan fingerprint density at radius 1 is 0.789 bits per heavy atom. The molecule has 0 aliphatic heterocycles. The summed E-state index contributed by atoms with van der Waals surface area (Å²) in [5, 5.41) is 18.0. The van der Waals surface area contributed by atoms with Crippen LogP contribution >= 0.6 is 0 Å². The second-order valence-electron chi connectivity index (χ2n) is 4.03. The van der Waals surface area contributed by atoms with Crippen LogP contribution in [0.15, 0.2) is 42.5 Å². The molecule has 0 spiro atoms. The molecule has 0 aliphatic rings. The van der Waals surface area contributed by atoms with E-state index in [1.165, 1.54) is 12.1 Å². The Kier molecular flexibility index (Phi) is 5.50. The molecule has 0 fully saturated rings. The van der Waals surface area contributed by atoms with Crippen LogP contribution in [0, 0.1) is 0 Å². The Morgan fingerprint density at radius 3 is 1.74 bits per heavy atom. The highest BCUT2D eigenvalue weighted by Crippen LogP contribution is 2.24. The van der Waals surface area contributed by atoms with Crippen molar-refractivity contribution in [2.24, 2.45) is 5.73 Å². The van der Waals surface area contributed by atoms with Gasteiger partial charge in [-0.05, 0) is 54.9 Å². The Hall–Kier alpha value is -2.40. The maximum absolute atomic E-state index is 9.04. The normalized spacial score (nSPS) is 9.53. The van der Waals surface area contributed by atoms with E-state index in [1.807, 2.05) is 0 Å². The summed E-state index contributed by atoms with van der Waals surface area (Å²) in [5.41, 5.74) is 18.5. The molecule has 8 N–H and O–H groups in total. The fourth-order valence-electron chi connectivity index (χ4n) is 1.39. The molecule has 0 atom stereocenters. The first-order chi connectivity index (χ1) is 9.02. The van der Waals surface area contributed by atoms with Crippen LogP contribution in [0.5, 0.6) is 11.5 Å². The van der Waals surface area contributed by atoms with Gasteiger partial charge in [0.1, 0.15) is 0 Å². The number of rotatable bonds is 2. The number of anilines is 2. The lowest BCUT2D eigenvalue weighted by atomic mass is 10.1. The highest BCUT2D eigenvalue weighted by Gasteiger charge is 1.98. The molecule has 0 saturated carbocycles. The van der Waals surface area contributed by atoms with E-state index in [0.717, 1.165) is 16.9 Å². The van der Waals surface area contributed by atoms with Crippen molar-refractivity contribution in [2.45, 2.75) is 6.42 Å². The smallest absolute Gasteiger partial charge is 0.157 e. The number of nitrogens with two attached hydrogens (primary N) is 3. The maximum atomic E-state index is 9.04. The van der Waals surface area contributed by atoms with Gasteiger partial charge in [0, 0.05) is 11.4 Å².